The van der Waals surface area contributed by atoms with Crippen LogP contribution in [0.3, 0.4) is 0 Å². The van der Waals surface area contributed by atoms with Gasteiger partial charge in [0.1, 0.15) is 17.9 Å². The van der Waals surface area contributed by atoms with Crippen LogP contribution in [-0.2, 0) is 29.5 Å². The molecule has 3 heterocycles. The lowest BCUT2D eigenvalue weighted by molar-refractivity contribution is -0.734. The molecule has 28 heavy (non-hydrogen) atoms. The normalized spacial score (nSPS) is 30.7. The van der Waals surface area contributed by atoms with Gasteiger partial charge in [0.15, 0.2) is 0 Å². The van der Waals surface area contributed by atoms with E-state index in [1.54, 1.807) is 29.6 Å². The molecule has 3 aliphatic rings. The lowest BCUT2D eigenvalue weighted by atomic mass is 9.76. The SMILES string of the molecule is COCCN1C(=O)[C@H]2[C@@H](C1=O)[C@@]1([NH2+][C@@H]2CCC(=O)[O-])C(=O)Nc2ccccc21. The fourth-order valence-electron chi connectivity index (χ4n) is 4.93. The largest absolute Gasteiger partial charge is 0.550 e. The van der Waals surface area contributed by atoms with Crippen LogP contribution < -0.4 is 15.7 Å². The summed E-state index contributed by atoms with van der Waals surface area (Å²) in [5.74, 6) is -4.01. The minimum Gasteiger partial charge on any atom is -0.550 e. The van der Waals surface area contributed by atoms with Crippen molar-refractivity contribution in [2.75, 3.05) is 25.6 Å². The average Bonchev–Trinajstić information content (AvgIpc) is 3.24. The number of likely N-dealkylation sites (tertiary alicyclic amines) is 1. The Labute approximate surface area is 161 Å². The highest BCUT2D eigenvalue weighted by Crippen LogP contribution is 2.49. The third kappa shape index (κ3) is 2.46. The number of carbonyl (C=O) groups is 4. The number of amides is 3. The summed E-state index contributed by atoms with van der Waals surface area (Å²) in [6.07, 6.45) is -0.110. The number of para-hydroxylation sites is 1. The molecular formula is C19H21N3O6. The van der Waals surface area contributed by atoms with Gasteiger partial charge in [0.2, 0.25) is 17.4 Å². The van der Waals surface area contributed by atoms with Crippen molar-refractivity contribution in [3.63, 3.8) is 0 Å². The second-order valence-corrected chi connectivity index (χ2v) is 7.43. The van der Waals surface area contributed by atoms with Crippen molar-refractivity contribution in [1.82, 2.24) is 4.90 Å². The summed E-state index contributed by atoms with van der Waals surface area (Å²) in [4.78, 5) is 51.5. The van der Waals surface area contributed by atoms with Gasteiger partial charge in [-0.05, 0) is 12.5 Å². The molecule has 1 aromatic rings. The molecule has 4 rings (SSSR count). The molecule has 2 fully saturated rings. The molecule has 0 unspecified atom stereocenters. The Bertz CT molecular complexity index is 871. The third-order valence-corrected chi connectivity index (χ3v) is 6.07. The molecule has 1 aromatic carbocycles. The van der Waals surface area contributed by atoms with Crippen LogP contribution in [0.1, 0.15) is 18.4 Å². The summed E-state index contributed by atoms with van der Waals surface area (Å²) in [6.45, 7) is 0.299. The quantitative estimate of drug-likeness (QED) is 0.521. The number of ether oxygens (including phenoxy) is 1. The van der Waals surface area contributed by atoms with Gasteiger partial charge >= 0.3 is 0 Å². The first-order valence-corrected chi connectivity index (χ1v) is 9.22. The first-order valence-electron chi connectivity index (χ1n) is 9.22. The predicted octanol–water partition coefficient (Wildman–Crippen LogP) is -2.44. The fourth-order valence-corrected chi connectivity index (χ4v) is 4.93. The van der Waals surface area contributed by atoms with Crippen LogP contribution in [0.5, 0.6) is 0 Å². The topological polar surface area (TPSA) is 132 Å². The number of nitrogens with two attached hydrogens (primary N) is 1. The number of nitrogens with one attached hydrogen (secondary N) is 1. The van der Waals surface area contributed by atoms with E-state index < -0.39 is 35.3 Å². The number of carbonyl (C=O) groups excluding carboxylic acids is 4. The van der Waals surface area contributed by atoms with Crippen LogP contribution >= 0.6 is 0 Å². The van der Waals surface area contributed by atoms with Crippen LogP contribution in [-0.4, -0.2) is 54.9 Å². The van der Waals surface area contributed by atoms with E-state index in [1.165, 1.54) is 7.11 Å². The van der Waals surface area contributed by atoms with Crippen molar-refractivity contribution >= 4 is 29.4 Å². The number of hydrogen-bond acceptors (Lipinski definition) is 6. The van der Waals surface area contributed by atoms with Crippen LogP contribution in [0.15, 0.2) is 24.3 Å². The fraction of sp³-hybridized carbons (Fsp3) is 0.474. The Hall–Kier alpha value is -2.78. The molecule has 9 nitrogen and oxygen atoms in total. The highest BCUT2D eigenvalue weighted by Gasteiger charge is 2.73. The number of carboxylic acid groups (broad SMARTS) is 1. The number of anilines is 1. The molecule has 2 saturated heterocycles. The van der Waals surface area contributed by atoms with E-state index >= 15 is 0 Å². The van der Waals surface area contributed by atoms with Gasteiger partial charge in [0.25, 0.3) is 5.91 Å². The number of rotatable bonds is 6. The monoisotopic (exact) mass is 387 g/mol. The van der Waals surface area contributed by atoms with Gasteiger partial charge in [0, 0.05) is 25.1 Å². The number of methoxy groups -OCH3 is 1. The highest BCUT2D eigenvalue weighted by molar-refractivity contribution is 6.13. The van der Waals surface area contributed by atoms with Gasteiger partial charge in [-0.3, -0.25) is 19.3 Å². The zero-order valence-electron chi connectivity index (χ0n) is 15.3. The minimum atomic E-state index is -1.27. The second-order valence-electron chi connectivity index (χ2n) is 7.43. The molecule has 3 amide bonds. The Kier molecular flexibility index (Phi) is 4.43. The second kappa shape index (κ2) is 6.68. The molecule has 0 saturated carbocycles. The smallest absolute Gasteiger partial charge is 0.291 e. The van der Waals surface area contributed by atoms with Crippen LogP contribution in [0, 0.1) is 11.8 Å². The summed E-state index contributed by atoms with van der Waals surface area (Å²) in [5.41, 5.74) is -0.00813. The maximum atomic E-state index is 13.2. The minimum absolute atomic E-state index is 0.105. The summed E-state index contributed by atoms with van der Waals surface area (Å²) in [5, 5.41) is 15.5. The highest BCUT2D eigenvalue weighted by atomic mass is 16.5. The molecular weight excluding hydrogens is 366 g/mol. The number of benzene rings is 1. The Morgan fingerprint density at radius 2 is 2.04 bits per heavy atom. The number of aliphatic carboxylic acids is 1. The van der Waals surface area contributed by atoms with Gasteiger partial charge in [-0.15, -0.1) is 0 Å². The van der Waals surface area contributed by atoms with Gasteiger partial charge in [-0.25, -0.2) is 0 Å². The van der Waals surface area contributed by atoms with Crippen LogP contribution in [0.25, 0.3) is 0 Å². The van der Waals surface area contributed by atoms with Crippen molar-refractivity contribution in [3.05, 3.63) is 29.8 Å². The summed E-state index contributed by atoms with van der Waals surface area (Å²) in [7, 11) is 1.48. The van der Waals surface area contributed by atoms with E-state index in [0.29, 0.717) is 11.3 Å². The van der Waals surface area contributed by atoms with E-state index in [4.69, 9.17) is 4.74 Å². The standard InChI is InChI=1S/C19H21N3O6/c1-28-9-8-22-16(25)14-12(6-7-13(23)24)21-19(15(14)17(22)26)10-4-2-3-5-11(10)20-18(19)27/h2-5,12,14-15,21H,6-9H2,1H3,(H,20,27)(H,23,24)/t12-,14-,15+,19-/m1/s1. The van der Waals surface area contributed by atoms with Gasteiger partial charge < -0.3 is 25.3 Å². The van der Waals surface area contributed by atoms with Crippen molar-refractivity contribution in [2.45, 2.75) is 24.4 Å². The molecule has 3 N–H and O–H groups in total. The number of imide groups is 1. The van der Waals surface area contributed by atoms with Crippen molar-refractivity contribution in [2.24, 2.45) is 11.8 Å². The summed E-state index contributed by atoms with van der Waals surface area (Å²) in [6, 6.07) is 6.58. The molecule has 9 heteroatoms. The first kappa shape index (κ1) is 18.6. The number of quaternary nitrogens is 1. The van der Waals surface area contributed by atoms with E-state index in [1.807, 2.05) is 0 Å². The lowest BCUT2D eigenvalue weighted by Crippen LogP contribution is -2.99. The van der Waals surface area contributed by atoms with E-state index in [0.717, 1.165) is 4.90 Å². The zero-order valence-corrected chi connectivity index (χ0v) is 15.3. The maximum absolute atomic E-state index is 13.2. The number of fused-ring (bicyclic) bond motifs is 4. The molecule has 0 bridgehead atoms. The first-order chi connectivity index (χ1) is 13.4. The van der Waals surface area contributed by atoms with Gasteiger partial charge in [-0.1, -0.05) is 18.2 Å². The molecule has 4 atom stereocenters. The predicted molar refractivity (Wildman–Crippen MR) is 92.3 cm³/mol. The molecule has 0 aliphatic carbocycles. The molecule has 1 spiro atoms. The van der Waals surface area contributed by atoms with E-state index in [2.05, 4.69) is 5.32 Å². The number of hydrogen-bond donors (Lipinski definition) is 2. The zero-order chi connectivity index (χ0) is 20.1. The molecule has 148 valence electrons. The Balaban J connectivity index is 1.79. The summed E-state index contributed by atoms with van der Waals surface area (Å²) >= 11 is 0. The van der Waals surface area contributed by atoms with Crippen LogP contribution in [0.4, 0.5) is 5.69 Å². The average molecular weight is 387 g/mol. The maximum Gasteiger partial charge on any atom is 0.291 e. The lowest BCUT2D eigenvalue weighted by Gasteiger charge is -2.26. The van der Waals surface area contributed by atoms with Crippen LogP contribution in [0.2, 0.25) is 0 Å². The van der Waals surface area contributed by atoms with E-state index in [-0.39, 0.29) is 37.8 Å². The van der Waals surface area contributed by atoms with Crippen molar-refractivity contribution < 1.29 is 34.3 Å². The van der Waals surface area contributed by atoms with Gasteiger partial charge in [-0.2, -0.15) is 0 Å². The third-order valence-electron chi connectivity index (χ3n) is 6.07. The van der Waals surface area contributed by atoms with Gasteiger partial charge in [0.05, 0.1) is 18.8 Å². The van der Waals surface area contributed by atoms with Crippen molar-refractivity contribution in [1.29, 1.82) is 0 Å². The molecule has 3 aliphatic heterocycles. The Morgan fingerprint density at radius 1 is 1.29 bits per heavy atom. The molecule has 0 radical (unpaired) electrons. The molecule has 0 aromatic heterocycles. The number of nitrogens with zero attached hydrogens (tertiary/aromatic N) is 1. The van der Waals surface area contributed by atoms with Crippen molar-refractivity contribution in [3.8, 4) is 0 Å². The summed E-state index contributed by atoms with van der Waals surface area (Å²) < 4.78 is 5.00. The number of carboxylic acids is 1. The Morgan fingerprint density at radius 3 is 2.75 bits per heavy atom. The van der Waals surface area contributed by atoms with E-state index in [9.17, 15) is 24.3 Å².